The molecule has 1 aromatic heterocycles. The van der Waals surface area contributed by atoms with E-state index in [-0.39, 0.29) is 13.2 Å². The maximum atomic E-state index is 12.1. The fourth-order valence-electron chi connectivity index (χ4n) is 2.32. The summed E-state index contributed by atoms with van der Waals surface area (Å²) < 4.78 is 16.6. The highest BCUT2D eigenvalue weighted by molar-refractivity contribution is 6.09. The van der Waals surface area contributed by atoms with Gasteiger partial charge in [0.25, 0.3) is 0 Å². The van der Waals surface area contributed by atoms with Crippen LogP contribution in [0.2, 0.25) is 0 Å². The zero-order valence-corrected chi connectivity index (χ0v) is 15.8. The molecule has 0 aliphatic rings. The Bertz CT molecular complexity index is 793. The summed E-state index contributed by atoms with van der Waals surface area (Å²) in [5, 5.41) is 4.41. The van der Waals surface area contributed by atoms with Crippen LogP contribution in [0.4, 0.5) is 5.82 Å². The van der Waals surface area contributed by atoms with E-state index < -0.39 is 17.9 Å². The van der Waals surface area contributed by atoms with E-state index in [1.165, 1.54) is 6.21 Å². The number of aryl methyl sites for hydroxylation is 1. The molecule has 0 aliphatic heterocycles. The normalized spacial score (nSPS) is 11.0. The van der Waals surface area contributed by atoms with Crippen LogP contribution in [0.25, 0.3) is 5.69 Å². The van der Waals surface area contributed by atoms with Crippen molar-refractivity contribution in [3.05, 3.63) is 36.0 Å². The van der Waals surface area contributed by atoms with Crippen LogP contribution in [0.1, 0.15) is 19.5 Å². The van der Waals surface area contributed by atoms with E-state index in [0.717, 1.165) is 17.1 Å². The Morgan fingerprint density at radius 1 is 1.15 bits per heavy atom. The summed E-state index contributed by atoms with van der Waals surface area (Å²) in [6.45, 7) is 5.48. The molecule has 1 heterocycles. The molecule has 0 bridgehead atoms. The second-order valence-electron chi connectivity index (χ2n) is 5.51. The van der Waals surface area contributed by atoms with Crippen LogP contribution in [-0.4, -0.2) is 48.3 Å². The average Bonchev–Trinajstić information content (AvgIpc) is 3.03. The van der Waals surface area contributed by atoms with Crippen LogP contribution in [0.3, 0.4) is 0 Å². The number of hydrogen-bond acceptors (Lipinski definition) is 7. The first kappa shape index (κ1) is 20.2. The quantitative estimate of drug-likeness (QED) is 0.401. The van der Waals surface area contributed by atoms with E-state index in [0.29, 0.717) is 5.82 Å². The van der Waals surface area contributed by atoms with Gasteiger partial charge >= 0.3 is 11.9 Å². The summed E-state index contributed by atoms with van der Waals surface area (Å²) >= 11 is 0. The number of ether oxygens (including phenoxy) is 3. The van der Waals surface area contributed by atoms with Crippen LogP contribution < -0.4 is 4.74 Å². The molecule has 8 nitrogen and oxygen atoms in total. The molecule has 0 saturated heterocycles. The molecule has 144 valence electrons. The molecular formula is C19H23N3O5. The van der Waals surface area contributed by atoms with E-state index in [1.54, 1.807) is 43.8 Å². The van der Waals surface area contributed by atoms with E-state index in [9.17, 15) is 9.59 Å². The minimum Gasteiger partial charge on any atom is -0.497 e. The van der Waals surface area contributed by atoms with Gasteiger partial charge in [0, 0.05) is 12.3 Å². The number of nitrogens with zero attached hydrogens (tertiary/aromatic N) is 3. The van der Waals surface area contributed by atoms with Gasteiger partial charge in [-0.3, -0.25) is 9.59 Å². The first-order chi connectivity index (χ1) is 13.0. The molecule has 8 heteroatoms. The second kappa shape index (κ2) is 9.51. The lowest BCUT2D eigenvalue weighted by Crippen LogP contribution is -2.29. The predicted molar refractivity (Wildman–Crippen MR) is 99.8 cm³/mol. The SMILES string of the molecule is CCOC(=O)C(C=Nc1cc(C)nn1-c1ccc(OC)cc1)C(=O)OCC. The van der Waals surface area contributed by atoms with Crippen molar-refractivity contribution in [3.8, 4) is 11.4 Å². The average molecular weight is 373 g/mol. The van der Waals surface area contributed by atoms with Crippen LogP contribution in [0.5, 0.6) is 5.75 Å². The number of aromatic nitrogens is 2. The lowest BCUT2D eigenvalue weighted by Gasteiger charge is -2.10. The Balaban J connectivity index is 2.33. The molecular weight excluding hydrogens is 350 g/mol. The Labute approximate surface area is 157 Å². The molecule has 0 amide bonds. The van der Waals surface area contributed by atoms with Gasteiger partial charge < -0.3 is 14.2 Å². The molecule has 0 spiro atoms. The van der Waals surface area contributed by atoms with Crippen molar-refractivity contribution in [1.29, 1.82) is 0 Å². The van der Waals surface area contributed by atoms with Gasteiger partial charge in [-0.1, -0.05) is 0 Å². The highest BCUT2D eigenvalue weighted by Gasteiger charge is 2.28. The van der Waals surface area contributed by atoms with Gasteiger partial charge in [0.05, 0.1) is 31.7 Å². The molecule has 0 atom stereocenters. The van der Waals surface area contributed by atoms with Gasteiger partial charge in [0.2, 0.25) is 0 Å². The van der Waals surface area contributed by atoms with Gasteiger partial charge in [-0.25, -0.2) is 9.67 Å². The van der Waals surface area contributed by atoms with Crippen LogP contribution in [-0.2, 0) is 19.1 Å². The third-order valence-electron chi connectivity index (χ3n) is 3.57. The number of esters is 2. The van der Waals surface area contributed by atoms with E-state index in [4.69, 9.17) is 14.2 Å². The van der Waals surface area contributed by atoms with Gasteiger partial charge in [-0.15, -0.1) is 0 Å². The van der Waals surface area contributed by atoms with Crippen molar-refractivity contribution in [1.82, 2.24) is 9.78 Å². The fourth-order valence-corrected chi connectivity index (χ4v) is 2.32. The Morgan fingerprint density at radius 2 is 1.74 bits per heavy atom. The van der Waals surface area contributed by atoms with Crippen LogP contribution >= 0.6 is 0 Å². The highest BCUT2D eigenvalue weighted by atomic mass is 16.6. The maximum Gasteiger partial charge on any atom is 0.325 e. The number of rotatable bonds is 8. The molecule has 0 saturated carbocycles. The summed E-state index contributed by atoms with van der Waals surface area (Å²) in [6, 6.07) is 9.02. The monoisotopic (exact) mass is 373 g/mol. The number of carbonyl (C=O) groups excluding carboxylic acids is 2. The summed E-state index contributed by atoms with van der Waals surface area (Å²) in [6.07, 6.45) is 1.23. The molecule has 2 rings (SSSR count). The second-order valence-corrected chi connectivity index (χ2v) is 5.51. The Morgan fingerprint density at radius 3 is 2.26 bits per heavy atom. The Kier molecular flexibility index (Phi) is 7.10. The minimum atomic E-state index is -1.23. The van der Waals surface area contributed by atoms with Gasteiger partial charge in [-0.05, 0) is 45.0 Å². The third-order valence-corrected chi connectivity index (χ3v) is 3.57. The van der Waals surface area contributed by atoms with E-state index >= 15 is 0 Å². The molecule has 0 radical (unpaired) electrons. The molecule has 2 aromatic rings. The zero-order chi connectivity index (χ0) is 19.8. The largest absolute Gasteiger partial charge is 0.497 e. The lowest BCUT2D eigenvalue weighted by molar-refractivity contribution is -0.157. The highest BCUT2D eigenvalue weighted by Crippen LogP contribution is 2.22. The smallest absolute Gasteiger partial charge is 0.325 e. The maximum absolute atomic E-state index is 12.1. The molecule has 1 aromatic carbocycles. The first-order valence-corrected chi connectivity index (χ1v) is 8.58. The minimum absolute atomic E-state index is 0.158. The first-order valence-electron chi connectivity index (χ1n) is 8.58. The summed E-state index contributed by atoms with van der Waals surface area (Å²) in [5.41, 5.74) is 1.50. The van der Waals surface area contributed by atoms with E-state index in [1.807, 2.05) is 19.1 Å². The molecule has 0 N–H and O–H groups in total. The zero-order valence-electron chi connectivity index (χ0n) is 15.8. The van der Waals surface area contributed by atoms with Crippen molar-refractivity contribution in [2.24, 2.45) is 10.9 Å². The standard InChI is InChI=1S/C19H23N3O5/c1-5-26-18(23)16(19(24)27-6-2)12-20-17-11-13(3)21-22(17)14-7-9-15(25-4)10-8-14/h7-12,16H,5-6H2,1-4H3. The molecule has 0 aliphatic carbocycles. The van der Waals surface area contributed by atoms with Gasteiger partial charge in [-0.2, -0.15) is 5.10 Å². The molecule has 0 fully saturated rings. The summed E-state index contributed by atoms with van der Waals surface area (Å²) in [5.74, 6) is -1.45. The number of carbonyl (C=O) groups is 2. The third kappa shape index (κ3) is 5.16. The summed E-state index contributed by atoms with van der Waals surface area (Å²) in [4.78, 5) is 28.4. The van der Waals surface area contributed by atoms with Gasteiger partial charge in [0.15, 0.2) is 11.7 Å². The lowest BCUT2D eigenvalue weighted by atomic mass is 10.2. The van der Waals surface area contributed by atoms with Crippen LogP contribution in [0, 0.1) is 12.8 Å². The summed E-state index contributed by atoms with van der Waals surface area (Å²) in [7, 11) is 1.59. The van der Waals surface area contributed by atoms with Crippen molar-refractivity contribution >= 4 is 24.0 Å². The van der Waals surface area contributed by atoms with Crippen molar-refractivity contribution in [2.45, 2.75) is 20.8 Å². The topological polar surface area (TPSA) is 92.0 Å². The van der Waals surface area contributed by atoms with Crippen molar-refractivity contribution < 1.29 is 23.8 Å². The Hall–Kier alpha value is -3.16. The van der Waals surface area contributed by atoms with Crippen molar-refractivity contribution in [3.63, 3.8) is 0 Å². The number of methoxy groups -OCH3 is 1. The predicted octanol–water partition coefficient (Wildman–Crippen LogP) is 2.63. The molecule has 27 heavy (non-hydrogen) atoms. The van der Waals surface area contributed by atoms with Crippen molar-refractivity contribution in [2.75, 3.05) is 20.3 Å². The van der Waals surface area contributed by atoms with Gasteiger partial charge in [0.1, 0.15) is 5.75 Å². The molecule has 0 unspecified atom stereocenters. The fraction of sp³-hybridized carbons (Fsp3) is 0.368. The number of aliphatic imine (C=N–C) groups is 1. The van der Waals surface area contributed by atoms with Crippen LogP contribution in [0.15, 0.2) is 35.3 Å². The van der Waals surface area contributed by atoms with E-state index in [2.05, 4.69) is 10.1 Å². The number of hydrogen-bond donors (Lipinski definition) is 0. The number of benzene rings is 1.